The van der Waals surface area contributed by atoms with Crippen LogP contribution in [0.15, 0.2) is 30.3 Å². The SMILES string of the molecule is COCc1cc2c(cc1N1CCN(C3COC3)CC1)C(C)(C)c1[nH]c3cc(C)ccc3c1C2=O. The number of piperazine rings is 1. The number of hydrogen-bond acceptors (Lipinski definition) is 5. The fourth-order valence-corrected chi connectivity index (χ4v) is 5.95. The van der Waals surface area contributed by atoms with Crippen molar-refractivity contribution in [3.05, 3.63) is 63.8 Å². The van der Waals surface area contributed by atoms with Crippen molar-refractivity contribution in [1.29, 1.82) is 0 Å². The molecule has 178 valence electrons. The molecule has 34 heavy (non-hydrogen) atoms. The molecule has 2 saturated heterocycles. The van der Waals surface area contributed by atoms with E-state index in [4.69, 9.17) is 9.47 Å². The lowest BCUT2D eigenvalue weighted by molar-refractivity contribution is -0.0660. The second kappa shape index (κ2) is 7.94. The molecule has 3 aromatic rings. The van der Waals surface area contributed by atoms with E-state index in [1.165, 1.54) is 11.3 Å². The zero-order chi connectivity index (χ0) is 23.6. The summed E-state index contributed by atoms with van der Waals surface area (Å²) >= 11 is 0. The summed E-state index contributed by atoms with van der Waals surface area (Å²) in [5.74, 6) is 0.109. The molecule has 0 bridgehead atoms. The first-order chi connectivity index (χ1) is 16.4. The number of methoxy groups -OCH3 is 1. The maximum atomic E-state index is 13.9. The Labute approximate surface area is 200 Å². The van der Waals surface area contributed by atoms with Gasteiger partial charge in [0.25, 0.3) is 0 Å². The Bertz CT molecular complexity index is 1280. The van der Waals surface area contributed by atoms with Gasteiger partial charge in [-0.3, -0.25) is 9.69 Å². The topological polar surface area (TPSA) is 57.8 Å². The molecule has 3 heterocycles. The van der Waals surface area contributed by atoms with Crippen LogP contribution < -0.4 is 4.90 Å². The zero-order valence-corrected chi connectivity index (χ0v) is 20.5. The molecular weight excluding hydrogens is 426 g/mol. The largest absolute Gasteiger partial charge is 0.380 e. The summed E-state index contributed by atoms with van der Waals surface area (Å²) in [5, 5.41) is 1.01. The van der Waals surface area contributed by atoms with Crippen LogP contribution in [-0.2, 0) is 21.5 Å². The van der Waals surface area contributed by atoms with Crippen molar-refractivity contribution in [2.75, 3.05) is 51.4 Å². The molecule has 0 unspecified atom stereocenters. The van der Waals surface area contributed by atoms with Gasteiger partial charge in [0.1, 0.15) is 0 Å². The lowest BCUT2D eigenvalue weighted by atomic mass is 9.70. The van der Waals surface area contributed by atoms with Crippen LogP contribution in [0.3, 0.4) is 0 Å². The van der Waals surface area contributed by atoms with Gasteiger partial charge in [-0.1, -0.05) is 26.0 Å². The number of hydrogen-bond donors (Lipinski definition) is 1. The smallest absolute Gasteiger partial charge is 0.195 e. The molecule has 0 spiro atoms. The van der Waals surface area contributed by atoms with Crippen molar-refractivity contribution in [2.45, 2.75) is 38.8 Å². The third kappa shape index (κ3) is 3.23. The van der Waals surface area contributed by atoms with Gasteiger partial charge in [0.15, 0.2) is 5.78 Å². The van der Waals surface area contributed by atoms with E-state index in [2.05, 4.69) is 65.9 Å². The van der Waals surface area contributed by atoms with Crippen molar-refractivity contribution in [2.24, 2.45) is 0 Å². The predicted molar refractivity (Wildman–Crippen MR) is 134 cm³/mol. The third-order valence-electron chi connectivity index (χ3n) is 8.03. The lowest BCUT2D eigenvalue weighted by Gasteiger charge is -2.44. The average Bonchev–Trinajstić information content (AvgIpc) is 3.17. The van der Waals surface area contributed by atoms with Gasteiger partial charge in [0.2, 0.25) is 0 Å². The minimum atomic E-state index is -0.309. The maximum absolute atomic E-state index is 13.9. The monoisotopic (exact) mass is 459 g/mol. The van der Waals surface area contributed by atoms with Crippen LogP contribution in [-0.4, -0.2) is 68.2 Å². The molecule has 0 amide bonds. The molecule has 1 aliphatic carbocycles. The fraction of sp³-hybridized carbons (Fsp3) is 0.464. The van der Waals surface area contributed by atoms with Crippen molar-refractivity contribution < 1.29 is 14.3 Å². The standard InChI is InChI=1S/C28H33N3O3/c1-17-5-6-20-23(11-17)29-27-25(20)26(32)21-12-18(14-33-4)24(13-22(21)28(27,2)3)31-9-7-30(8-10-31)19-15-34-16-19/h5-6,11-13,19,29H,7-10,14-16H2,1-4H3. The second-order valence-electron chi connectivity index (χ2n) is 10.6. The molecule has 2 fully saturated rings. The minimum absolute atomic E-state index is 0.109. The average molecular weight is 460 g/mol. The number of aromatic amines is 1. The Morgan fingerprint density at radius 1 is 1.12 bits per heavy atom. The number of nitrogens with one attached hydrogen (secondary N) is 1. The molecule has 0 atom stereocenters. The molecule has 2 aromatic carbocycles. The van der Waals surface area contributed by atoms with E-state index < -0.39 is 0 Å². The molecule has 2 aliphatic heterocycles. The number of anilines is 1. The second-order valence-corrected chi connectivity index (χ2v) is 10.6. The summed E-state index contributed by atoms with van der Waals surface area (Å²) in [5.41, 5.74) is 7.94. The molecule has 6 nitrogen and oxygen atoms in total. The van der Waals surface area contributed by atoms with Crippen LogP contribution in [0.4, 0.5) is 5.69 Å². The molecule has 1 N–H and O–H groups in total. The first-order valence-electron chi connectivity index (χ1n) is 12.3. The number of benzene rings is 2. The molecule has 1 aromatic heterocycles. The Morgan fingerprint density at radius 3 is 2.56 bits per heavy atom. The summed E-state index contributed by atoms with van der Waals surface area (Å²) in [6.45, 7) is 12.8. The highest BCUT2D eigenvalue weighted by Crippen LogP contribution is 2.45. The van der Waals surface area contributed by atoms with Gasteiger partial charge >= 0.3 is 0 Å². The van der Waals surface area contributed by atoms with Gasteiger partial charge in [-0.25, -0.2) is 0 Å². The number of aryl methyl sites for hydroxylation is 1. The number of nitrogens with zero attached hydrogens (tertiary/aromatic N) is 2. The molecule has 6 rings (SSSR count). The molecule has 6 heteroatoms. The lowest BCUT2D eigenvalue weighted by Crippen LogP contribution is -2.56. The number of aromatic nitrogens is 1. The number of carbonyl (C=O) groups is 1. The van der Waals surface area contributed by atoms with Gasteiger partial charge < -0.3 is 19.4 Å². The van der Waals surface area contributed by atoms with Crippen LogP contribution in [0.5, 0.6) is 0 Å². The van der Waals surface area contributed by atoms with Crippen LogP contribution in [0.2, 0.25) is 0 Å². The highest BCUT2D eigenvalue weighted by molar-refractivity contribution is 6.20. The van der Waals surface area contributed by atoms with Crippen molar-refractivity contribution >= 4 is 22.4 Å². The molecule has 0 saturated carbocycles. The van der Waals surface area contributed by atoms with Crippen LogP contribution in [0.1, 0.15) is 52.2 Å². The summed E-state index contributed by atoms with van der Waals surface area (Å²) in [6, 6.07) is 11.2. The third-order valence-corrected chi connectivity index (χ3v) is 8.03. The van der Waals surface area contributed by atoms with Crippen LogP contribution in [0.25, 0.3) is 10.9 Å². The number of ketones is 1. The number of carbonyl (C=O) groups excluding carboxylic acids is 1. The highest BCUT2D eigenvalue weighted by atomic mass is 16.5. The van der Waals surface area contributed by atoms with Gasteiger partial charge in [0, 0.05) is 72.1 Å². The summed E-state index contributed by atoms with van der Waals surface area (Å²) in [4.78, 5) is 22.5. The molecule has 0 radical (unpaired) electrons. The Kier molecular flexibility index (Phi) is 5.10. The summed E-state index contributed by atoms with van der Waals surface area (Å²) in [7, 11) is 1.73. The fourth-order valence-electron chi connectivity index (χ4n) is 5.95. The van der Waals surface area contributed by atoms with Crippen molar-refractivity contribution in [3.63, 3.8) is 0 Å². The first-order valence-corrected chi connectivity index (χ1v) is 12.3. The van der Waals surface area contributed by atoms with E-state index in [-0.39, 0.29) is 11.2 Å². The van der Waals surface area contributed by atoms with E-state index in [9.17, 15) is 4.79 Å². The van der Waals surface area contributed by atoms with Gasteiger partial charge in [-0.2, -0.15) is 0 Å². The Morgan fingerprint density at radius 2 is 1.88 bits per heavy atom. The van der Waals surface area contributed by atoms with Gasteiger partial charge in [-0.15, -0.1) is 0 Å². The van der Waals surface area contributed by atoms with Gasteiger partial charge in [0.05, 0.1) is 31.4 Å². The van der Waals surface area contributed by atoms with Crippen molar-refractivity contribution in [1.82, 2.24) is 9.88 Å². The first kappa shape index (κ1) is 21.8. The number of ether oxygens (including phenoxy) is 2. The quantitative estimate of drug-likeness (QED) is 0.639. The minimum Gasteiger partial charge on any atom is -0.380 e. The van der Waals surface area contributed by atoms with E-state index in [1.807, 2.05) is 0 Å². The van der Waals surface area contributed by atoms with Crippen LogP contribution in [0, 0.1) is 6.92 Å². The van der Waals surface area contributed by atoms with E-state index in [0.29, 0.717) is 12.6 Å². The summed E-state index contributed by atoms with van der Waals surface area (Å²) in [6.07, 6.45) is 0. The van der Waals surface area contributed by atoms with Crippen LogP contribution >= 0.6 is 0 Å². The highest BCUT2D eigenvalue weighted by Gasteiger charge is 2.41. The van der Waals surface area contributed by atoms with Crippen molar-refractivity contribution in [3.8, 4) is 0 Å². The Hall–Kier alpha value is -2.67. The predicted octanol–water partition coefficient (Wildman–Crippen LogP) is 4.01. The maximum Gasteiger partial charge on any atom is 0.195 e. The number of fused-ring (bicyclic) bond motifs is 4. The summed E-state index contributed by atoms with van der Waals surface area (Å²) < 4.78 is 11.0. The van der Waals surface area contributed by atoms with E-state index in [0.717, 1.165) is 78.2 Å². The molecule has 3 aliphatic rings. The number of rotatable bonds is 4. The zero-order valence-electron chi connectivity index (χ0n) is 20.5. The van der Waals surface area contributed by atoms with Gasteiger partial charge in [-0.05, 0) is 36.2 Å². The molecular formula is C28H33N3O3. The van der Waals surface area contributed by atoms with E-state index in [1.54, 1.807) is 7.11 Å². The Balaban J connectivity index is 1.43. The normalized spacial score (nSPS) is 20.4. The van der Waals surface area contributed by atoms with E-state index >= 15 is 0 Å². The number of H-pyrrole nitrogens is 1.